The van der Waals surface area contributed by atoms with Crippen LogP contribution in [-0.4, -0.2) is 17.9 Å². The fraction of sp³-hybridized carbons (Fsp3) is 0.200. The Morgan fingerprint density at radius 1 is 1.12 bits per heavy atom. The molecule has 2 heterocycles. The van der Waals surface area contributed by atoms with E-state index in [1.807, 2.05) is 18.2 Å². The van der Waals surface area contributed by atoms with Crippen LogP contribution >= 0.6 is 11.8 Å². The third kappa shape index (κ3) is 2.97. The number of rotatable bonds is 3. The molecule has 2 aliphatic rings. The Balaban J connectivity index is 1.61. The zero-order chi connectivity index (χ0) is 18.3. The van der Waals surface area contributed by atoms with Gasteiger partial charge in [0, 0.05) is 6.07 Å². The number of hydrogen-bond donors (Lipinski definition) is 1. The van der Waals surface area contributed by atoms with Crippen molar-refractivity contribution in [3.8, 4) is 11.5 Å². The molecule has 2 aromatic rings. The summed E-state index contributed by atoms with van der Waals surface area (Å²) < 4.78 is 10.7. The summed E-state index contributed by atoms with van der Waals surface area (Å²) in [7, 11) is 0. The van der Waals surface area contributed by atoms with E-state index in [1.165, 1.54) is 10.5 Å². The molecule has 4 rings (SSSR count). The molecule has 0 saturated carbocycles. The van der Waals surface area contributed by atoms with Gasteiger partial charge in [-0.1, -0.05) is 38.1 Å². The Labute approximate surface area is 156 Å². The summed E-state index contributed by atoms with van der Waals surface area (Å²) in [6.45, 7) is 4.47. The summed E-state index contributed by atoms with van der Waals surface area (Å²) in [6, 6.07) is 13.4. The van der Waals surface area contributed by atoms with Crippen LogP contribution in [0.4, 0.5) is 5.69 Å². The fourth-order valence-corrected chi connectivity index (χ4v) is 3.74. The van der Waals surface area contributed by atoms with Crippen molar-refractivity contribution < 1.29 is 14.3 Å². The van der Waals surface area contributed by atoms with Gasteiger partial charge in [0.15, 0.2) is 16.7 Å². The molecule has 132 valence electrons. The zero-order valence-corrected chi connectivity index (χ0v) is 15.3. The molecule has 0 atom stereocenters. The predicted molar refractivity (Wildman–Crippen MR) is 104 cm³/mol. The highest BCUT2D eigenvalue weighted by Crippen LogP contribution is 2.40. The number of benzene rings is 2. The molecule has 0 bridgehead atoms. The lowest BCUT2D eigenvalue weighted by Gasteiger charge is -2.14. The highest BCUT2D eigenvalue weighted by Gasteiger charge is 2.34. The first-order valence-corrected chi connectivity index (χ1v) is 9.17. The SMILES string of the molecule is CC(C)c1ccc(/C=C2\SC(=N)N(c3ccc4c(c3)OCO4)C2=O)cc1. The number of thioether (sulfide) groups is 1. The van der Waals surface area contributed by atoms with Crippen molar-refractivity contribution in [3.05, 3.63) is 58.5 Å². The molecular weight excluding hydrogens is 348 g/mol. The molecule has 2 aliphatic heterocycles. The molecule has 1 saturated heterocycles. The van der Waals surface area contributed by atoms with Crippen LogP contribution in [0.2, 0.25) is 0 Å². The number of carbonyl (C=O) groups excluding carboxylic acids is 1. The largest absolute Gasteiger partial charge is 0.454 e. The maximum atomic E-state index is 12.8. The van der Waals surface area contributed by atoms with E-state index in [-0.39, 0.29) is 17.9 Å². The summed E-state index contributed by atoms with van der Waals surface area (Å²) in [6.07, 6.45) is 1.83. The highest BCUT2D eigenvalue weighted by molar-refractivity contribution is 8.19. The normalized spacial score (nSPS) is 17.7. The van der Waals surface area contributed by atoms with Gasteiger partial charge in [-0.15, -0.1) is 0 Å². The molecule has 1 fully saturated rings. The standard InChI is InChI=1S/C20H18N2O3S/c1-12(2)14-5-3-13(4-6-14)9-18-19(23)22(20(21)26-18)15-7-8-16-17(10-15)25-11-24-16/h3-10,12,21H,11H2,1-2H3/b18-9-,21-20?. The molecule has 0 unspecified atom stereocenters. The van der Waals surface area contributed by atoms with Crippen molar-refractivity contribution in [2.24, 2.45) is 0 Å². The third-order valence-corrected chi connectivity index (χ3v) is 5.23. The van der Waals surface area contributed by atoms with Crippen LogP contribution in [0.1, 0.15) is 30.9 Å². The molecule has 1 N–H and O–H groups in total. The second-order valence-electron chi connectivity index (χ2n) is 6.42. The Kier molecular flexibility index (Phi) is 4.20. The van der Waals surface area contributed by atoms with Crippen molar-refractivity contribution in [3.63, 3.8) is 0 Å². The van der Waals surface area contributed by atoms with Crippen LogP contribution in [0.3, 0.4) is 0 Å². The smallest absolute Gasteiger partial charge is 0.271 e. The van der Waals surface area contributed by atoms with E-state index in [1.54, 1.807) is 18.2 Å². The molecular formula is C20H18N2O3S. The Hall–Kier alpha value is -2.73. The summed E-state index contributed by atoms with van der Waals surface area (Å²) in [4.78, 5) is 14.7. The molecule has 0 aliphatic carbocycles. The van der Waals surface area contributed by atoms with Crippen LogP contribution in [-0.2, 0) is 4.79 Å². The minimum Gasteiger partial charge on any atom is -0.454 e. The van der Waals surface area contributed by atoms with E-state index < -0.39 is 0 Å². The van der Waals surface area contributed by atoms with Gasteiger partial charge < -0.3 is 9.47 Å². The van der Waals surface area contributed by atoms with Gasteiger partial charge in [-0.3, -0.25) is 15.1 Å². The van der Waals surface area contributed by atoms with Gasteiger partial charge in [0.25, 0.3) is 5.91 Å². The van der Waals surface area contributed by atoms with E-state index in [0.29, 0.717) is 28.0 Å². The topological polar surface area (TPSA) is 62.6 Å². The van der Waals surface area contributed by atoms with E-state index in [2.05, 4.69) is 26.0 Å². The number of nitrogens with one attached hydrogen (secondary N) is 1. The first kappa shape index (κ1) is 16.7. The number of hydrogen-bond acceptors (Lipinski definition) is 5. The molecule has 0 aromatic heterocycles. The van der Waals surface area contributed by atoms with Crippen LogP contribution in [0.5, 0.6) is 11.5 Å². The molecule has 0 spiro atoms. The van der Waals surface area contributed by atoms with Crippen molar-refractivity contribution in [1.29, 1.82) is 5.41 Å². The monoisotopic (exact) mass is 366 g/mol. The van der Waals surface area contributed by atoms with E-state index in [0.717, 1.165) is 17.3 Å². The lowest BCUT2D eigenvalue weighted by molar-refractivity contribution is -0.113. The Morgan fingerprint density at radius 3 is 2.58 bits per heavy atom. The second kappa shape index (κ2) is 6.53. The number of amidine groups is 1. The first-order chi connectivity index (χ1) is 12.5. The van der Waals surface area contributed by atoms with Gasteiger partial charge in [0.1, 0.15) is 0 Å². The quantitative estimate of drug-likeness (QED) is 0.807. The first-order valence-electron chi connectivity index (χ1n) is 8.35. The second-order valence-corrected chi connectivity index (χ2v) is 7.45. The van der Waals surface area contributed by atoms with Gasteiger partial charge in [-0.05, 0) is 47.0 Å². The van der Waals surface area contributed by atoms with E-state index >= 15 is 0 Å². The van der Waals surface area contributed by atoms with Gasteiger partial charge in [-0.2, -0.15) is 0 Å². The lowest BCUT2D eigenvalue weighted by atomic mass is 10.0. The number of anilines is 1. The van der Waals surface area contributed by atoms with Crippen molar-refractivity contribution in [2.45, 2.75) is 19.8 Å². The summed E-state index contributed by atoms with van der Waals surface area (Å²) in [5, 5.41) is 8.39. The Bertz CT molecular complexity index is 919. The van der Waals surface area contributed by atoms with Crippen molar-refractivity contribution in [1.82, 2.24) is 0 Å². The number of fused-ring (bicyclic) bond motifs is 1. The van der Waals surface area contributed by atoms with Crippen molar-refractivity contribution >= 4 is 34.6 Å². The van der Waals surface area contributed by atoms with Gasteiger partial charge in [0.05, 0.1) is 10.6 Å². The maximum Gasteiger partial charge on any atom is 0.271 e. The van der Waals surface area contributed by atoms with E-state index in [9.17, 15) is 4.79 Å². The number of nitrogens with zero attached hydrogens (tertiary/aromatic N) is 1. The van der Waals surface area contributed by atoms with Crippen LogP contribution in [0, 0.1) is 5.41 Å². The maximum absolute atomic E-state index is 12.8. The molecule has 26 heavy (non-hydrogen) atoms. The number of ether oxygens (including phenoxy) is 2. The van der Waals surface area contributed by atoms with Crippen LogP contribution in [0.15, 0.2) is 47.4 Å². The van der Waals surface area contributed by atoms with Gasteiger partial charge in [-0.25, -0.2) is 0 Å². The highest BCUT2D eigenvalue weighted by atomic mass is 32.2. The number of carbonyl (C=O) groups is 1. The minimum absolute atomic E-state index is 0.177. The third-order valence-electron chi connectivity index (χ3n) is 4.34. The van der Waals surface area contributed by atoms with Crippen LogP contribution in [0.25, 0.3) is 6.08 Å². The summed E-state index contributed by atoms with van der Waals surface area (Å²) in [5.74, 6) is 1.51. The van der Waals surface area contributed by atoms with E-state index in [4.69, 9.17) is 14.9 Å². The summed E-state index contributed by atoms with van der Waals surface area (Å²) in [5.41, 5.74) is 2.81. The molecule has 1 amide bonds. The number of amides is 1. The van der Waals surface area contributed by atoms with Gasteiger partial charge >= 0.3 is 0 Å². The average molecular weight is 366 g/mol. The minimum atomic E-state index is -0.202. The molecule has 5 nitrogen and oxygen atoms in total. The molecule has 2 aromatic carbocycles. The lowest BCUT2D eigenvalue weighted by Crippen LogP contribution is -2.28. The zero-order valence-electron chi connectivity index (χ0n) is 14.5. The average Bonchev–Trinajstić information content (AvgIpc) is 3.19. The molecule has 0 radical (unpaired) electrons. The van der Waals surface area contributed by atoms with Crippen LogP contribution < -0.4 is 14.4 Å². The Morgan fingerprint density at radius 2 is 1.85 bits per heavy atom. The fourth-order valence-electron chi connectivity index (χ4n) is 2.87. The predicted octanol–water partition coefficient (Wildman–Crippen LogP) is 4.59. The van der Waals surface area contributed by atoms with Gasteiger partial charge in [0.2, 0.25) is 6.79 Å². The summed E-state index contributed by atoms with van der Waals surface area (Å²) >= 11 is 1.16. The molecule has 6 heteroatoms. The van der Waals surface area contributed by atoms with Crippen molar-refractivity contribution in [2.75, 3.05) is 11.7 Å².